The summed E-state index contributed by atoms with van der Waals surface area (Å²) in [5.74, 6) is -12.7. The highest BCUT2D eigenvalue weighted by Gasteiger charge is 2.30. The fraction of sp³-hybridized carbons (Fsp3) is 0.125. The van der Waals surface area contributed by atoms with Gasteiger partial charge in [-0.2, -0.15) is 5.06 Å². The number of halogens is 5. The van der Waals surface area contributed by atoms with Crippen molar-refractivity contribution in [1.29, 1.82) is 0 Å². The summed E-state index contributed by atoms with van der Waals surface area (Å²) in [4.78, 5) is 10.6. The molecule has 0 spiro atoms. The number of hydroxylamine groups is 1. The van der Waals surface area contributed by atoms with Crippen LogP contribution in [0.2, 0.25) is 0 Å². The van der Waals surface area contributed by atoms with Crippen molar-refractivity contribution in [1.82, 2.24) is 0 Å². The number of anilines is 1. The van der Waals surface area contributed by atoms with E-state index in [-0.39, 0.29) is 0 Å². The van der Waals surface area contributed by atoms with Gasteiger partial charge >= 0.3 is 0 Å². The minimum Gasteiger partial charge on any atom is -0.281 e. The third-order valence-electron chi connectivity index (χ3n) is 1.70. The summed E-state index contributed by atoms with van der Waals surface area (Å²) in [5, 5.41) is 8.19. The molecular weight excluding hydrogens is 237 g/mol. The summed E-state index contributed by atoms with van der Waals surface area (Å²) in [7, 11) is 0. The van der Waals surface area contributed by atoms with Crippen molar-refractivity contribution < 1.29 is 32.0 Å². The lowest BCUT2D eigenvalue weighted by molar-refractivity contribution is -0.121. The Balaban J connectivity index is 3.57. The zero-order valence-electron chi connectivity index (χ0n) is 7.69. The van der Waals surface area contributed by atoms with Crippen LogP contribution in [0.5, 0.6) is 0 Å². The quantitative estimate of drug-likeness (QED) is 0.269. The minimum atomic E-state index is -2.37. The molecule has 0 radical (unpaired) electrons. The van der Waals surface area contributed by atoms with E-state index in [4.69, 9.17) is 5.21 Å². The first-order valence-corrected chi connectivity index (χ1v) is 3.80. The van der Waals surface area contributed by atoms with Crippen molar-refractivity contribution >= 4 is 11.6 Å². The van der Waals surface area contributed by atoms with Crippen LogP contribution in [0.1, 0.15) is 6.92 Å². The first kappa shape index (κ1) is 12.4. The Labute approximate surface area is 85.7 Å². The summed E-state index contributed by atoms with van der Waals surface area (Å²) < 4.78 is 63.7. The molecule has 0 aliphatic heterocycles. The maximum atomic E-state index is 12.9. The third kappa shape index (κ3) is 1.71. The van der Waals surface area contributed by atoms with Crippen molar-refractivity contribution in [3.05, 3.63) is 29.1 Å². The molecule has 8 heteroatoms. The maximum absolute atomic E-state index is 12.9. The van der Waals surface area contributed by atoms with Gasteiger partial charge in [-0.05, 0) is 0 Å². The molecule has 0 unspecified atom stereocenters. The summed E-state index contributed by atoms with van der Waals surface area (Å²) in [6.07, 6.45) is 0. The fourth-order valence-corrected chi connectivity index (χ4v) is 0.937. The highest BCUT2D eigenvalue weighted by molar-refractivity contribution is 5.89. The highest BCUT2D eigenvalue weighted by atomic mass is 19.2. The second-order valence-electron chi connectivity index (χ2n) is 2.75. The smallest absolute Gasteiger partial charge is 0.247 e. The molecule has 0 atom stereocenters. The van der Waals surface area contributed by atoms with Gasteiger partial charge in [-0.1, -0.05) is 0 Å². The van der Waals surface area contributed by atoms with Gasteiger partial charge in [0, 0.05) is 6.92 Å². The van der Waals surface area contributed by atoms with E-state index in [9.17, 15) is 26.7 Å². The molecule has 1 aromatic carbocycles. The van der Waals surface area contributed by atoms with E-state index in [1.54, 1.807) is 0 Å². The van der Waals surface area contributed by atoms with E-state index in [2.05, 4.69) is 0 Å². The second-order valence-corrected chi connectivity index (χ2v) is 2.75. The molecule has 0 saturated heterocycles. The number of amides is 1. The Morgan fingerprint density at radius 3 is 1.56 bits per heavy atom. The van der Waals surface area contributed by atoms with Crippen molar-refractivity contribution in [2.75, 3.05) is 5.06 Å². The van der Waals surface area contributed by atoms with Crippen LogP contribution in [0.15, 0.2) is 0 Å². The molecular formula is C8H4F5NO2. The summed E-state index contributed by atoms with van der Waals surface area (Å²) >= 11 is 0. The molecule has 1 N–H and O–H groups in total. The van der Waals surface area contributed by atoms with Gasteiger partial charge in [0.25, 0.3) is 0 Å². The normalized spacial score (nSPS) is 10.4. The Hall–Kier alpha value is -1.70. The van der Waals surface area contributed by atoms with E-state index in [0.29, 0.717) is 6.92 Å². The van der Waals surface area contributed by atoms with Gasteiger partial charge in [0.05, 0.1) is 0 Å². The van der Waals surface area contributed by atoms with E-state index in [0.717, 1.165) is 0 Å². The molecule has 0 saturated carbocycles. The van der Waals surface area contributed by atoms with E-state index in [1.807, 2.05) is 0 Å². The van der Waals surface area contributed by atoms with Crippen LogP contribution in [-0.2, 0) is 4.79 Å². The van der Waals surface area contributed by atoms with E-state index in [1.165, 1.54) is 0 Å². The van der Waals surface area contributed by atoms with Crippen LogP contribution in [0.3, 0.4) is 0 Å². The Morgan fingerprint density at radius 2 is 1.25 bits per heavy atom. The average molecular weight is 241 g/mol. The number of carbonyl (C=O) groups excluding carboxylic acids is 1. The van der Waals surface area contributed by atoms with E-state index >= 15 is 0 Å². The van der Waals surface area contributed by atoms with Crippen LogP contribution < -0.4 is 5.06 Å². The largest absolute Gasteiger partial charge is 0.281 e. The molecule has 0 aromatic heterocycles. The fourth-order valence-electron chi connectivity index (χ4n) is 0.937. The Bertz CT molecular complexity index is 433. The molecule has 1 aromatic rings. The standard InChI is InChI=1S/C8H4F5NO2/c1-2(15)14(16)8-6(12)4(10)3(9)5(11)7(8)13/h16H,1H3. The van der Waals surface area contributed by atoms with Crippen LogP contribution in [-0.4, -0.2) is 11.1 Å². The van der Waals surface area contributed by atoms with Gasteiger partial charge in [-0.15, -0.1) is 0 Å². The molecule has 3 nitrogen and oxygen atoms in total. The summed E-state index contributed by atoms with van der Waals surface area (Å²) in [5.41, 5.74) is -1.70. The first-order valence-electron chi connectivity index (χ1n) is 3.80. The van der Waals surface area contributed by atoms with Gasteiger partial charge < -0.3 is 0 Å². The first-order chi connectivity index (χ1) is 7.29. The monoisotopic (exact) mass is 241 g/mol. The number of hydrogen-bond donors (Lipinski definition) is 1. The van der Waals surface area contributed by atoms with E-state index < -0.39 is 45.7 Å². The van der Waals surface area contributed by atoms with Gasteiger partial charge in [0.15, 0.2) is 29.0 Å². The third-order valence-corrected chi connectivity index (χ3v) is 1.70. The molecule has 0 heterocycles. The topological polar surface area (TPSA) is 40.5 Å². The minimum absolute atomic E-state index is 0.656. The zero-order chi connectivity index (χ0) is 12.6. The van der Waals surface area contributed by atoms with Gasteiger partial charge in [-0.3, -0.25) is 10.0 Å². The van der Waals surface area contributed by atoms with Crippen LogP contribution in [0.4, 0.5) is 27.6 Å². The average Bonchev–Trinajstić information content (AvgIpc) is 2.23. The van der Waals surface area contributed by atoms with Crippen molar-refractivity contribution in [3.8, 4) is 0 Å². The van der Waals surface area contributed by atoms with Crippen molar-refractivity contribution in [2.45, 2.75) is 6.92 Å². The zero-order valence-corrected chi connectivity index (χ0v) is 7.69. The molecule has 88 valence electrons. The number of carbonyl (C=O) groups is 1. The lowest BCUT2D eigenvalue weighted by Crippen LogP contribution is -2.27. The molecule has 0 aliphatic rings. The predicted molar refractivity (Wildman–Crippen MR) is 41.2 cm³/mol. The van der Waals surface area contributed by atoms with Gasteiger partial charge in [0.1, 0.15) is 0 Å². The molecule has 0 bridgehead atoms. The molecule has 1 amide bonds. The lowest BCUT2D eigenvalue weighted by Gasteiger charge is -2.15. The van der Waals surface area contributed by atoms with Crippen molar-refractivity contribution in [2.24, 2.45) is 0 Å². The SMILES string of the molecule is CC(=O)N(O)c1c(F)c(F)c(F)c(F)c1F. The molecule has 0 fully saturated rings. The van der Waals surface area contributed by atoms with Gasteiger partial charge in [-0.25, -0.2) is 22.0 Å². The predicted octanol–water partition coefficient (Wildman–Crippen LogP) is 2.12. The number of hydrogen-bond acceptors (Lipinski definition) is 2. The van der Waals surface area contributed by atoms with Crippen LogP contribution in [0, 0.1) is 29.1 Å². The van der Waals surface area contributed by atoms with Crippen LogP contribution >= 0.6 is 0 Å². The highest BCUT2D eigenvalue weighted by Crippen LogP contribution is 2.29. The summed E-state index contributed by atoms with van der Waals surface area (Å²) in [6, 6.07) is 0. The van der Waals surface area contributed by atoms with Gasteiger partial charge in [0.2, 0.25) is 11.7 Å². The number of nitrogens with zero attached hydrogens (tertiary/aromatic N) is 1. The maximum Gasteiger partial charge on any atom is 0.247 e. The number of rotatable bonds is 1. The lowest BCUT2D eigenvalue weighted by atomic mass is 10.2. The molecule has 16 heavy (non-hydrogen) atoms. The Morgan fingerprint density at radius 1 is 0.938 bits per heavy atom. The second kappa shape index (κ2) is 4.05. The molecule has 0 aliphatic carbocycles. The van der Waals surface area contributed by atoms with Crippen molar-refractivity contribution in [3.63, 3.8) is 0 Å². The summed E-state index contributed by atoms with van der Waals surface area (Å²) in [6.45, 7) is 0.679. The number of benzene rings is 1. The Kier molecular flexibility index (Phi) is 3.13. The van der Waals surface area contributed by atoms with Crippen LogP contribution in [0.25, 0.3) is 0 Å². The molecule has 1 rings (SSSR count).